The van der Waals surface area contributed by atoms with E-state index in [1.807, 2.05) is 24.7 Å². The van der Waals surface area contributed by atoms with Crippen molar-refractivity contribution in [3.63, 3.8) is 0 Å². The molecule has 0 radical (unpaired) electrons. The van der Waals surface area contributed by atoms with E-state index in [1.165, 1.54) is 0 Å². The number of nitrogen functional groups attached to an aromatic ring is 1. The quantitative estimate of drug-likeness (QED) is 0.547. The zero-order valence-electron chi connectivity index (χ0n) is 14.9. The lowest BCUT2D eigenvalue weighted by Gasteiger charge is -2.07. The summed E-state index contributed by atoms with van der Waals surface area (Å²) in [5.41, 5.74) is 9.82. The summed E-state index contributed by atoms with van der Waals surface area (Å²) in [7, 11) is 0. The van der Waals surface area contributed by atoms with E-state index in [0.29, 0.717) is 33.5 Å². The van der Waals surface area contributed by atoms with E-state index in [0.717, 1.165) is 35.4 Å². The first-order chi connectivity index (χ1) is 13.1. The molecule has 1 aliphatic rings. The van der Waals surface area contributed by atoms with Gasteiger partial charge in [0.25, 0.3) is 0 Å². The summed E-state index contributed by atoms with van der Waals surface area (Å²) in [5.74, 6) is 1.58. The smallest absolute Gasteiger partial charge is 0.149 e. The fraction of sp³-hybridized carbons (Fsp3) is 0.333. The molecule has 138 valence electrons. The van der Waals surface area contributed by atoms with Crippen molar-refractivity contribution in [3.05, 3.63) is 29.5 Å². The molecule has 0 amide bonds. The molecular weight excluding hydrogens is 366 g/mol. The van der Waals surface area contributed by atoms with E-state index in [9.17, 15) is 0 Å². The van der Waals surface area contributed by atoms with Crippen molar-refractivity contribution in [1.82, 2.24) is 29.9 Å². The first-order valence-corrected chi connectivity index (χ1v) is 9.25. The average molecular weight is 384 g/mol. The van der Waals surface area contributed by atoms with Gasteiger partial charge in [0.15, 0.2) is 0 Å². The highest BCUT2D eigenvalue weighted by atomic mass is 35.5. The summed E-state index contributed by atoms with van der Waals surface area (Å²) in [4.78, 5) is 11.6. The third-order valence-electron chi connectivity index (χ3n) is 4.84. The number of nitrogens with one attached hydrogen (secondary N) is 1. The van der Waals surface area contributed by atoms with Gasteiger partial charge < -0.3 is 15.2 Å². The third-order valence-corrected chi connectivity index (χ3v) is 5.12. The van der Waals surface area contributed by atoms with Gasteiger partial charge in [-0.05, 0) is 26.7 Å². The molecule has 4 aromatic rings. The van der Waals surface area contributed by atoms with Gasteiger partial charge in [-0.25, -0.2) is 9.97 Å². The maximum atomic E-state index is 6.44. The number of hydrogen-bond acceptors (Lipinski definition) is 6. The van der Waals surface area contributed by atoms with Crippen molar-refractivity contribution in [2.75, 3.05) is 5.73 Å². The van der Waals surface area contributed by atoms with Crippen molar-refractivity contribution in [1.29, 1.82) is 0 Å². The minimum Gasteiger partial charge on any atom is -0.383 e. The standard InChI is InChI=1S/C18H18ClN7O/c1-8(2)26-16-10(19)5-22-18(20)13(16)14(24-26)15-12(11-6-21-7-23-11)17(27-25-15)9-3-4-9/h5-9H,3-4H2,1-2H3,(H2,20,22)(H,21,23). The molecular formula is C18H18ClN7O. The molecule has 0 atom stereocenters. The fourth-order valence-electron chi connectivity index (χ4n) is 3.43. The Kier molecular flexibility index (Phi) is 3.51. The summed E-state index contributed by atoms with van der Waals surface area (Å²) in [6.45, 7) is 4.08. The largest absolute Gasteiger partial charge is 0.383 e. The molecule has 3 N–H and O–H groups in total. The third kappa shape index (κ3) is 2.43. The number of hydrogen-bond donors (Lipinski definition) is 2. The second-order valence-corrected chi connectivity index (χ2v) is 7.51. The summed E-state index contributed by atoms with van der Waals surface area (Å²) in [6.07, 6.45) is 7.20. The molecule has 1 fully saturated rings. The Morgan fingerprint density at radius 1 is 1.30 bits per heavy atom. The highest BCUT2D eigenvalue weighted by Crippen LogP contribution is 2.48. The fourth-order valence-corrected chi connectivity index (χ4v) is 3.66. The first-order valence-electron chi connectivity index (χ1n) is 8.87. The van der Waals surface area contributed by atoms with Crippen LogP contribution in [0.2, 0.25) is 5.02 Å². The van der Waals surface area contributed by atoms with Crippen LogP contribution in [-0.4, -0.2) is 29.9 Å². The first kappa shape index (κ1) is 16.3. The van der Waals surface area contributed by atoms with Gasteiger partial charge in [-0.2, -0.15) is 5.10 Å². The van der Waals surface area contributed by atoms with E-state index in [4.69, 9.17) is 27.0 Å². The molecule has 0 spiro atoms. The SMILES string of the molecule is CC(C)n1nc(-c2noc(C3CC3)c2-c2c[nH]cn2)c2c(N)ncc(Cl)c21. The lowest BCUT2D eigenvalue weighted by atomic mass is 10.0. The second kappa shape index (κ2) is 5.82. The molecule has 1 aliphatic carbocycles. The van der Waals surface area contributed by atoms with Gasteiger partial charge in [-0.1, -0.05) is 16.8 Å². The van der Waals surface area contributed by atoms with Gasteiger partial charge in [-0.3, -0.25) is 4.68 Å². The molecule has 0 unspecified atom stereocenters. The zero-order chi connectivity index (χ0) is 18.7. The summed E-state index contributed by atoms with van der Waals surface area (Å²) < 4.78 is 7.59. The summed E-state index contributed by atoms with van der Waals surface area (Å²) in [6, 6.07) is 0.0872. The van der Waals surface area contributed by atoms with Crippen molar-refractivity contribution in [2.24, 2.45) is 0 Å². The zero-order valence-corrected chi connectivity index (χ0v) is 15.7. The van der Waals surface area contributed by atoms with Crippen LogP contribution in [0.4, 0.5) is 5.82 Å². The maximum absolute atomic E-state index is 6.44. The maximum Gasteiger partial charge on any atom is 0.149 e. The van der Waals surface area contributed by atoms with Crippen LogP contribution in [0.1, 0.15) is 44.4 Å². The molecule has 27 heavy (non-hydrogen) atoms. The van der Waals surface area contributed by atoms with Crippen molar-refractivity contribution >= 4 is 28.3 Å². The monoisotopic (exact) mass is 383 g/mol. The van der Waals surface area contributed by atoms with Gasteiger partial charge in [0.05, 0.1) is 39.7 Å². The van der Waals surface area contributed by atoms with E-state index in [-0.39, 0.29) is 6.04 Å². The van der Waals surface area contributed by atoms with Crippen LogP contribution in [0.3, 0.4) is 0 Å². The molecule has 5 rings (SSSR count). The highest BCUT2D eigenvalue weighted by Gasteiger charge is 2.35. The van der Waals surface area contributed by atoms with Crippen molar-refractivity contribution in [3.8, 4) is 22.6 Å². The van der Waals surface area contributed by atoms with Gasteiger partial charge in [0.1, 0.15) is 23.0 Å². The Morgan fingerprint density at radius 3 is 2.78 bits per heavy atom. The number of H-pyrrole nitrogens is 1. The average Bonchev–Trinajstić information content (AvgIpc) is 3.07. The van der Waals surface area contributed by atoms with Crippen molar-refractivity contribution < 1.29 is 4.52 Å². The summed E-state index contributed by atoms with van der Waals surface area (Å²) >= 11 is 6.44. The van der Waals surface area contributed by atoms with Crippen LogP contribution in [-0.2, 0) is 0 Å². The van der Waals surface area contributed by atoms with Crippen LogP contribution in [0.5, 0.6) is 0 Å². The number of imidazole rings is 1. The number of pyridine rings is 1. The van der Waals surface area contributed by atoms with E-state index in [2.05, 4.69) is 20.1 Å². The Balaban J connectivity index is 1.84. The van der Waals surface area contributed by atoms with Crippen LogP contribution in [0.25, 0.3) is 33.5 Å². The number of rotatable bonds is 4. The molecule has 1 saturated carbocycles. The number of nitrogens with two attached hydrogens (primary N) is 1. The normalized spacial score (nSPS) is 14.5. The number of anilines is 1. The predicted molar refractivity (Wildman–Crippen MR) is 102 cm³/mol. The molecule has 0 bridgehead atoms. The summed E-state index contributed by atoms with van der Waals surface area (Å²) in [5, 5.41) is 10.3. The van der Waals surface area contributed by atoms with Gasteiger partial charge in [-0.15, -0.1) is 0 Å². The van der Waals surface area contributed by atoms with Crippen molar-refractivity contribution in [2.45, 2.75) is 38.6 Å². The topological polar surface area (TPSA) is 111 Å². The lowest BCUT2D eigenvalue weighted by Crippen LogP contribution is -2.03. The number of aromatic amines is 1. The molecule has 4 heterocycles. The van der Waals surface area contributed by atoms with Gasteiger partial charge in [0, 0.05) is 18.2 Å². The molecule has 9 heteroatoms. The van der Waals surface area contributed by atoms with E-state index >= 15 is 0 Å². The van der Waals surface area contributed by atoms with Crippen LogP contribution in [0, 0.1) is 0 Å². The number of nitrogens with zero attached hydrogens (tertiary/aromatic N) is 5. The van der Waals surface area contributed by atoms with Crippen LogP contribution >= 0.6 is 11.6 Å². The minimum absolute atomic E-state index is 0.0872. The molecule has 8 nitrogen and oxygen atoms in total. The Hall–Kier alpha value is -2.87. The van der Waals surface area contributed by atoms with Crippen LogP contribution in [0.15, 0.2) is 23.2 Å². The Morgan fingerprint density at radius 2 is 2.11 bits per heavy atom. The molecule has 4 aromatic heterocycles. The second-order valence-electron chi connectivity index (χ2n) is 7.10. The van der Waals surface area contributed by atoms with E-state index in [1.54, 1.807) is 12.5 Å². The number of aromatic nitrogens is 6. The Labute approximate surface area is 159 Å². The highest BCUT2D eigenvalue weighted by molar-refractivity contribution is 6.35. The van der Waals surface area contributed by atoms with Gasteiger partial charge in [0.2, 0.25) is 0 Å². The predicted octanol–water partition coefficient (Wildman–Crippen LogP) is 4.17. The molecule has 0 aliphatic heterocycles. The number of halogens is 1. The molecule has 0 aromatic carbocycles. The lowest BCUT2D eigenvalue weighted by molar-refractivity contribution is 0.386. The molecule has 0 saturated heterocycles. The number of fused-ring (bicyclic) bond motifs is 1. The van der Waals surface area contributed by atoms with Gasteiger partial charge >= 0.3 is 0 Å². The van der Waals surface area contributed by atoms with E-state index < -0.39 is 0 Å². The minimum atomic E-state index is 0.0872. The van der Waals surface area contributed by atoms with Crippen LogP contribution < -0.4 is 5.73 Å². The Bertz CT molecular complexity index is 1140.